The van der Waals surface area contributed by atoms with E-state index >= 15 is 0 Å². The lowest BCUT2D eigenvalue weighted by molar-refractivity contribution is -0.141. The molecule has 2 rings (SSSR count). The van der Waals surface area contributed by atoms with Gasteiger partial charge in [0.1, 0.15) is 0 Å². The zero-order valence-corrected chi connectivity index (χ0v) is 11.7. The zero-order chi connectivity index (χ0) is 12.4. The Morgan fingerprint density at radius 3 is 2.72 bits per heavy atom. The Bertz CT molecular complexity index is 446. The monoisotopic (exact) mass is 289 g/mol. The van der Waals surface area contributed by atoms with Crippen molar-refractivity contribution >= 4 is 35.6 Å². The highest BCUT2D eigenvalue weighted by atomic mass is 35.5. The standard InChI is InChI=1S/C12H15NO3S.ClH/c1-8-2-3-10(17-8)6-11(14)13-5-4-9(7-13)12(15)16;/h2-3,9H,4-7H2,1H3,(H,15,16);1H. The van der Waals surface area contributed by atoms with Crippen molar-refractivity contribution in [1.29, 1.82) is 0 Å². The van der Waals surface area contributed by atoms with Crippen molar-refractivity contribution in [2.24, 2.45) is 5.92 Å². The maximum absolute atomic E-state index is 11.9. The third-order valence-corrected chi connectivity index (χ3v) is 4.01. The minimum Gasteiger partial charge on any atom is -0.481 e. The molecule has 1 amide bonds. The van der Waals surface area contributed by atoms with E-state index in [9.17, 15) is 9.59 Å². The van der Waals surface area contributed by atoms with E-state index in [2.05, 4.69) is 0 Å². The Balaban J connectivity index is 0.00000162. The summed E-state index contributed by atoms with van der Waals surface area (Å²) in [6.07, 6.45) is 0.968. The highest BCUT2D eigenvalue weighted by Gasteiger charge is 2.30. The van der Waals surface area contributed by atoms with E-state index < -0.39 is 5.97 Å². The molecule has 6 heteroatoms. The first-order valence-corrected chi connectivity index (χ1v) is 6.44. The highest BCUT2D eigenvalue weighted by Crippen LogP contribution is 2.20. The van der Waals surface area contributed by atoms with E-state index in [1.807, 2.05) is 19.1 Å². The molecule has 1 atom stereocenters. The lowest BCUT2D eigenvalue weighted by atomic mass is 10.1. The molecule has 1 aliphatic heterocycles. The van der Waals surface area contributed by atoms with E-state index in [0.29, 0.717) is 25.9 Å². The van der Waals surface area contributed by atoms with Crippen LogP contribution in [0.25, 0.3) is 0 Å². The summed E-state index contributed by atoms with van der Waals surface area (Å²) in [5, 5.41) is 8.87. The number of amides is 1. The van der Waals surface area contributed by atoms with Crippen molar-refractivity contribution in [3.63, 3.8) is 0 Å². The number of hydrogen-bond acceptors (Lipinski definition) is 3. The van der Waals surface area contributed by atoms with Crippen LogP contribution in [0, 0.1) is 12.8 Å². The van der Waals surface area contributed by atoms with Crippen LogP contribution >= 0.6 is 23.7 Å². The van der Waals surface area contributed by atoms with Gasteiger partial charge in [-0.05, 0) is 25.5 Å². The number of carboxylic acid groups (broad SMARTS) is 1. The van der Waals surface area contributed by atoms with E-state index in [4.69, 9.17) is 5.11 Å². The molecule has 2 heterocycles. The highest BCUT2D eigenvalue weighted by molar-refractivity contribution is 7.12. The Morgan fingerprint density at radius 2 is 2.22 bits per heavy atom. The van der Waals surface area contributed by atoms with Crippen molar-refractivity contribution in [2.75, 3.05) is 13.1 Å². The van der Waals surface area contributed by atoms with Gasteiger partial charge < -0.3 is 10.0 Å². The first-order valence-electron chi connectivity index (χ1n) is 5.62. The fourth-order valence-corrected chi connectivity index (χ4v) is 2.91. The van der Waals surface area contributed by atoms with Gasteiger partial charge in [-0.15, -0.1) is 23.7 Å². The molecule has 1 unspecified atom stereocenters. The van der Waals surface area contributed by atoms with Gasteiger partial charge in [-0.1, -0.05) is 0 Å². The third kappa shape index (κ3) is 3.46. The summed E-state index contributed by atoms with van der Waals surface area (Å²) in [4.78, 5) is 26.6. The van der Waals surface area contributed by atoms with Gasteiger partial charge in [0.2, 0.25) is 5.91 Å². The van der Waals surface area contributed by atoms with Gasteiger partial charge in [-0.3, -0.25) is 9.59 Å². The van der Waals surface area contributed by atoms with Crippen LogP contribution in [0.4, 0.5) is 0 Å². The Hall–Kier alpha value is -1.07. The summed E-state index contributed by atoms with van der Waals surface area (Å²) in [7, 11) is 0. The molecule has 100 valence electrons. The summed E-state index contributed by atoms with van der Waals surface area (Å²) in [5.41, 5.74) is 0. The molecule has 1 aromatic heterocycles. The molecule has 1 N–H and O–H groups in total. The van der Waals surface area contributed by atoms with E-state index in [1.54, 1.807) is 16.2 Å². The Morgan fingerprint density at radius 1 is 1.50 bits per heavy atom. The number of aliphatic carboxylic acids is 1. The fraction of sp³-hybridized carbons (Fsp3) is 0.500. The summed E-state index contributed by atoms with van der Waals surface area (Å²) in [5.74, 6) is -1.15. The van der Waals surface area contributed by atoms with Gasteiger partial charge >= 0.3 is 5.97 Å². The Labute approximate surface area is 116 Å². The van der Waals surface area contributed by atoms with Crippen LogP contribution in [0.2, 0.25) is 0 Å². The first kappa shape index (κ1) is 15.0. The number of hydrogen-bond donors (Lipinski definition) is 1. The second-order valence-electron chi connectivity index (χ2n) is 4.35. The minimum atomic E-state index is -0.799. The maximum Gasteiger partial charge on any atom is 0.308 e. The third-order valence-electron chi connectivity index (χ3n) is 3.01. The SMILES string of the molecule is Cc1ccc(CC(=O)N2CCC(C(=O)O)C2)s1.Cl. The number of carbonyl (C=O) groups is 2. The average molecular weight is 290 g/mol. The van der Waals surface area contributed by atoms with Crippen LogP contribution in [-0.4, -0.2) is 35.0 Å². The van der Waals surface area contributed by atoms with Crippen LogP contribution in [0.5, 0.6) is 0 Å². The molecular weight excluding hydrogens is 274 g/mol. The lowest BCUT2D eigenvalue weighted by Crippen LogP contribution is -2.30. The predicted molar refractivity (Wildman–Crippen MR) is 72.3 cm³/mol. The van der Waals surface area contributed by atoms with Gasteiger partial charge in [0.05, 0.1) is 12.3 Å². The molecule has 0 spiro atoms. The number of halogens is 1. The van der Waals surface area contributed by atoms with Gasteiger partial charge in [0.25, 0.3) is 0 Å². The van der Waals surface area contributed by atoms with Crippen molar-refractivity contribution in [1.82, 2.24) is 4.90 Å². The number of nitrogens with zero attached hydrogens (tertiary/aromatic N) is 1. The van der Waals surface area contributed by atoms with Crippen LogP contribution < -0.4 is 0 Å². The molecule has 0 aromatic carbocycles. The summed E-state index contributed by atoms with van der Waals surface area (Å²) < 4.78 is 0. The number of carboxylic acids is 1. The lowest BCUT2D eigenvalue weighted by Gasteiger charge is -2.14. The molecule has 0 bridgehead atoms. The molecule has 1 saturated heterocycles. The van der Waals surface area contributed by atoms with Crippen LogP contribution in [0.15, 0.2) is 12.1 Å². The van der Waals surface area contributed by atoms with Crippen LogP contribution in [0.3, 0.4) is 0 Å². The number of carbonyl (C=O) groups excluding carboxylic acids is 1. The normalized spacial score (nSPS) is 18.5. The molecule has 1 aromatic rings. The van der Waals surface area contributed by atoms with E-state index in [1.165, 1.54) is 4.88 Å². The number of aryl methyl sites for hydroxylation is 1. The number of thiophene rings is 1. The summed E-state index contributed by atoms with van der Waals surface area (Å²) in [6, 6.07) is 3.96. The topological polar surface area (TPSA) is 57.6 Å². The van der Waals surface area contributed by atoms with Crippen molar-refractivity contribution < 1.29 is 14.7 Å². The molecule has 0 saturated carbocycles. The molecule has 18 heavy (non-hydrogen) atoms. The average Bonchev–Trinajstić information content (AvgIpc) is 2.86. The molecular formula is C12H16ClNO3S. The van der Waals surface area contributed by atoms with E-state index in [-0.39, 0.29) is 24.2 Å². The van der Waals surface area contributed by atoms with Gasteiger partial charge in [0, 0.05) is 22.8 Å². The maximum atomic E-state index is 11.9. The zero-order valence-electron chi connectivity index (χ0n) is 10.1. The first-order chi connectivity index (χ1) is 8.06. The van der Waals surface area contributed by atoms with Gasteiger partial charge in [0.15, 0.2) is 0 Å². The van der Waals surface area contributed by atoms with Gasteiger partial charge in [-0.2, -0.15) is 0 Å². The molecule has 4 nitrogen and oxygen atoms in total. The molecule has 0 radical (unpaired) electrons. The number of rotatable bonds is 3. The summed E-state index contributed by atoms with van der Waals surface area (Å²) >= 11 is 1.62. The predicted octanol–water partition coefficient (Wildman–Crippen LogP) is 1.95. The van der Waals surface area contributed by atoms with Crippen LogP contribution in [0.1, 0.15) is 16.2 Å². The van der Waals surface area contributed by atoms with Gasteiger partial charge in [-0.25, -0.2) is 0 Å². The quantitative estimate of drug-likeness (QED) is 0.925. The molecule has 1 fully saturated rings. The molecule has 0 aliphatic carbocycles. The van der Waals surface area contributed by atoms with Crippen molar-refractivity contribution in [3.8, 4) is 0 Å². The van der Waals surface area contributed by atoms with Crippen LogP contribution in [-0.2, 0) is 16.0 Å². The fourth-order valence-electron chi connectivity index (χ4n) is 2.03. The molecule has 1 aliphatic rings. The smallest absolute Gasteiger partial charge is 0.308 e. The second kappa shape index (κ2) is 6.20. The van der Waals surface area contributed by atoms with E-state index in [0.717, 1.165) is 4.88 Å². The second-order valence-corrected chi connectivity index (χ2v) is 5.73. The largest absolute Gasteiger partial charge is 0.481 e. The summed E-state index contributed by atoms with van der Waals surface area (Å²) in [6.45, 7) is 2.94. The number of likely N-dealkylation sites (tertiary alicyclic amines) is 1. The van der Waals surface area contributed by atoms with Crippen molar-refractivity contribution in [3.05, 3.63) is 21.9 Å². The minimum absolute atomic E-state index is 0. The van der Waals surface area contributed by atoms with Crippen molar-refractivity contribution in [2.45, 2.75) is 19.8 Å². The Kier molecular flexibility index (Phi) is 5.16.